The molecule has 0 rings (SSSR count). The van der Waals surface area contributed by atoms with Gasteiger partial charge >= 0.3 is 17.9 Å². The van der Waals surface area contributed by atoms with Crippen molar-refractivity contribution in [2.45, 2.75) is 219 Å². The van der Waals surface area contributed by atoms with Gasteiger partial charge in [-0.05, 0) is 96.3 Å². The first-order valence-electron chi connectivity index (χ1n) is 22.8. The number of carbonyl (C=O) groups excluding carboxylic acids is 3. The molecule has 1 unspecified atom stereocenters. The maximum atomic E-state index is 12.7. The molecule has 55 heavy (non-hydrogen) atoms. The topological polar surface area (TPSA) is 78.9 Å². The summed E-state index contributed by atoms with van der Waals surface area (Å²) < 4.78 is 16.7. The Hall–Kier alpha value is -2.89. The number of rotatable bonds is 40. The van der Waals surface area contributed by atoms with Crippen LogP contribution in [-0.2, 0) is 28.6 Å². The van der Waals surface area contributed by atoms with Gasteiger partial charge in [-0.1, -0.05) is 159 Å². The average molecular weight is 769 g/mol. The minimum Gasteiger partial charge on any atom is -0.462 e. The fourth-order valence-corrected chi connectivity index (χ4v) is 6.02. The highest BCUT2D eigenvalue weighted by molar-refractivity contribution is 5.71. The van der Waals surface area contributed by atoms with Gasteiger partial charge in [0.2, 0.25) is 0 Å². The number of hydrogen-bond donors (Lipinski definition) is 0. The molecule has 0 N–H and O–H groups in total. The lowest BCUT2D eigenvalue weighted by atomic mass is 10.1. The van der Waals surface area contributed by atoms with E-state index in [9.17, 15) is 14.4 Å². The minimum atomic E-state index is -0.790. The lowest BCUT2D eigenvalue weighted by Gasteiger charge is -2.18. The van der Waals surface area contributed by atoms with Crippen LogP contribution in [0.1, 0.15) is 213 Å². The van der Waals surface area contributed by atoms with Crippen LogP contribution in [0.5, 0.6) is 0 Å². The van der Waals surface area contributed by atoms with Gasteiger partial charge in [0.15, 0.2) is 6.10 Å². The molecule has 0 bridgehead atoms. The number of unbranched alkanes of at least 4 members (excludes halogenated alkanes) is 19. The fraction of sp³-hybridized carbons (Fsp3) is 0.735. The molecule has 0 fully saturated rings. The second-order valence-corrected chi connectivity index (χ2v) is 14.9. The van der Waals surface area contributed by atoms with Crippen LogP contribution in [0.15, 0.2) is 60.8 Å². The van der Waals surface area contributed by atoms with Crippen molar-refractivity contribution >= 4 is 17.9 Å². The zero-order valence-electron chi connectivity index (χ0n) is 35.9. The van der Waals surface area contributed by atoms with Crippen LogP contribution in [0, 0.1) is 0 Å². The summed E-state index contributed by atoms with van der Waals surface area (Å²) in [6, 6.07) is 0. The third-order valence-corrected chi connectivity index (χ3v) is 9.48. The van der Waals surface area contributed by atoms with Crippen molar-refractivity contribution in [3.8, 4) is 0 Å². The molecule has 0 aliphatic heterocycles. The molecule has 0 aromatic rings. The van der Waals surface area contributed by atoms with Crippen LogP contribution in [0.3, 0.4) is 0 Å². The molecule has 0 aromatic carbocycles. The van der Waals surface area contributed by atoms with Gasteiger partial charge in [0.05, 0.1) is 0 Å². The summed E-state index contributed by atoms with van der Waals surface area (Å²) in [7, 11) is 0. The summed E-state index contributed by atoms with van der Waals surface area (Å²) in [6.45, 7) is 6.41. The molecule has 316 valence electrons. The van der Waals surface area contributed by atoms with Crippen LogP contribution < -0.4 is 0 Å². The van der Waals surface area contributed by atoms with E-state index in [0.29, 0.717) is 19.3 Å². The van der Waals surface area contributed by atoms with E-state index in [1.54, 1.807) is 0 Å². The summed E-state index contributed by atoms with van der Waals surface area (Å²) in [5.41, 5.74) is 0. The second-order valence-electron chi connectivity index (χ2n) is 14.9. The number of esters is 3. The van der Waals surface area contributed by atoms with Crippen molar-refractivity contribution in [1.29, 1.82) is 0 Å². The molecular weight excluding hydrogens is 685 g/mol. The van der Waals surface area contributed by atoms with Crippen LogP contribution in [-0.4, -0.2) is 37.2 Å². The highest BCUT2D eigenvalue weighted by Crippen LogP contribution is 2.13. The summed E-state index contributed by atoms with van der Waals surface area (Å²) in [4.78, 5) is 37.7. The van der Waals surface area contributed by atoms with Gasteiger partial charge in [-0.2, -0.15) is 0 Å². The normalized spacial score (nSPS) is 12.6. The molecular formula is C49H84O6. The van der Waals surface area contributed by atoms with Gasteiger partial charge < -0.3 is 14.2 Å². The van der Waals surface area contributed by atoms with E-state index in [-0.39, 0.29) is 31.1 Å². The van der Waals surface area contributed by atoms with Crippen molar-refractivity contribution in [3.05, 3.63) is 60.8 Å². The highest BCUT2D eigenvalue weighted by atomic mass is 16.6. The van der Waals surface area contributed by atoms with E-state index in [0.717, 1.165) is 103 Å². The molecule has 0 amide bonds. The molecule has 6 heteroatoms. The Morgan fingerprint density at radius 2 is 0.727 bits per heavy atom. The van der Waals surface area contributed by atoms with Crippen molar-refractivity contribution < 1.29 is 28.6 Å². The van der Waals surface area contributed by atoms with Gasteiger partial charge in [-0.3, -0.25) is 14.4 Å². The molecule has 0 heterocycles. The third kappa shape index (κ3) is 42.1. The van der Waals surface area contributed by atoms with Crippen molar-refractivity contribution in [2.75, 3.05) is 13.2 Å². The molecule has 6 nitrogen and oxygen atoms in total. The molecule has 0 aliphatic rings. The molecule has 0 saturated heterocycles. The van der Waals surface area contributed by atoms with E-state index in [1.165, 1.54) is 70.6 Å². The summed E-state index contributed by atoms with van der Waals surface area (Å²) in [5.74, 6) is -0.945. The van der Waals surface area contributed by atoms with Crippen molar-refractivity contribution in [3.63, 3.8) is 0 Å². The first-order chi connectivity index (χ1) is 27.0. The maximum Gasteiger partial charge on any atom is 0.306 e. The average Bonchev–Trinajstić information content (AvgIpc) is 3.18. The Kier molecular flexibility index (Phi) is 41.5. The Morgan fingerprint density at radius 3 is 1.20 bits per heavy atom. The van der Waals surface area contributed by atoms with E-state index in [2.05, 4.69) is 81.5 Å². The van der Waals surface area contributed by atoms with Crippen LogP contribution >= 0.6 is 0 Å². The predicted octanol–water partition coefficient (Wildman–Crippen LogP) is 14.5. The molecule has 0 aromatic heterocycles. The predicted molar refractivity (Wildman–Crippen MR) is 233 cm³/mol. The zero-order chi connectivity index (χ0) is 40.1. The Bertz CT molecular complexity index is 1020. The fourth-order valence-electron chi connectivity index (χ4n) is 6.02. The molecule has 0 saturated carbocycles. The molecule has 0 spiro atoms. The van der Waals surface area contributed by atoms with Crippen LogP contribution in [0.25, 0.3) is 0 Å². The molecule has 0 radical (unpaired) electrons. The lowest BCUT2D eigenvalue weighted by Crippen LogP contribution is -2.30. The summed E-state index contributed by atoms with van der Waals surface area (Å²) in [5, 5.41) is 0. The number of hydrogen-bond acceptors (Lipinski definition) is 6. The SMILES string of the molecule is CC/C=C\C/C=C\C/C=C\CCCCCC(=O)OCC(COC(=O)CCCCCCC/C=C\CCCC)OC(=O)CCCCCCC/C=C\CCCCCC. The van der Waals surface area contributed by atoms with Gasteiger partial charge in [0.1, 0.15) is 13.2 Å². The lowest BCUT2D eigenvalue weighted by molar-refractivity contribution is -0.167. The van der Waals surface area contributed by atoms with Crippen molar-refractivity contribution in [1.82, 2.24) is 0 Å². The number of carbonyl (C=O) groups is 3. The standard InChI is InChI=1S/C49H84O6/c1-4-7-10-13-16-19-22-24-27-30-33-36-39-42-48(51)54-45-46(44-53-47(50)41-38-35-32-29-26-21-18-15-12-9-6-3)55-49(52)43-40-37-34-31-28-25-23-20-17-14-11-8-5-2/h7,10,15-16,18-20,23-24,27,46H,4-6,8-9,11-14,17,21-22,25-26,28-45H2,1-3H3/b10-7-,18-15-,19-16-,23-20-,27-24-. The van der Waals surface area contributed by atoms with Gasteiger partial charge in [0, 0.05) is 19.3 Å². The number of allylic oxidation sites excluding steroid dienone is 10. The summed E-state index contributed by atoms with van der Waals surface area (Å²) >= 11 is 0. The monoisotopic (exact) mass is 769 g/mol. The van der Waals surface area contributed by atoms with Crippen LogP contribution in [0.2, 0.25) is 0 Å². The quantitative estimate of drug-likeness (QED) is 0.0267. The highest BCUT2D eigenvalue weighted by Gasteiger charge is 2.19. The maximum absolute atomic E-state index is 12.7. The number of ether oxygens (including phenoxy) is 3. The smallest absolute Gasteiger partial charge is 0.306 e. The molecule has 0 aliphatic carbocycles. The first-order valence-corrected chi connectivity index (χ1v) is 22.8. The molecule has 1 atom stereocenters. The van der Waals surface area contributed by atoms with E-state index in [1.807, 2.05) is 0 Å². The Morgan fingerprint density at radius 1 is 0.382 bits per heavy atom. The zero-order valence-corrected chi connectivity index (χ0v) is 35.9. The first kappa shape index (κ1) is 52.1. The van der Waals surface area contributed by atoms with E-state index >= 15 is 0 Å². The van der Waals surface area contributed by atoms with E-state index < -0.39 is 6.10 Å². The minimum absolute atomic E-state index is 0.0920. The largest absolute Gasteiger partial charge is 0.462 e. The van der Waals surface area contributed by atoms with E-state index in [4.69, 9.17) is 14.2 Å². The Labute approximate surface area is 339 Å². The van der Waals surface area contributed by atoms with Gasteiger partial charge in [0.25, 0.3) is 0 Å². The van der Waals surface area contributed by atoms with Crippen molar-refractivity contribution in [2.24, 2.45) is 0 Å². The Balaban J connectivity index is 4.45. The summed E-state index contributed by atoms with van der Waals surface area (Å²) in [6.07, 6.45) is 52.0. The van der Waals surface area contributed by atoms with Gasteiger partial charge in [-0.25, -0.2) is 0 Å². The van der Waals surface area contributed by atoms with Crippen LogP contribution in [0.4, 0.5) is 0 Å². The third-order valence-electron chi connectivity index (χ3n) is 9.48. The van der Waals surface area contributed by atoms with Gasteiger partial charge in [-0.15, -0.1) is 0 Å². The second kappa shape index (κ2) is 43.8.